The largest absolute Gasteiger partial charge is 0.412 e. The molecular formula is C4H13ClO2. The first-order valence-electron chi connectivity index (χ1n) is 1.99. The molecule has 0 saturated heterocycles. The molecule has 0 aliphatic heterocycles. The van der Waals surface area contributed by atoms with E-state index >= 15 is 0 Å². The van der Waals surface area contributed by atoms with Gasteiger partial charge in [-0.3, -0.25) is 0 Å². The van der Waals surface area contributed by atoms with Gasteiger partial charge < -0.3 is 10.2 Å². The van der Waals surface area contributed by atoms with Crippen molar-refractivity contribution in [2.75, 3.05) is 13.2 Å². The van der Waals surface area contributed by atoms with Crippen LogP contribution in [-0.4, -0.2) is 18.7 Å². The molecule has 0 aromatic rings. The minimum absolute atomic E-state index is 0. The van der Waals surface area contributed by atoms with Crippen molar-refractivity contribution in [1.82, 2.24) is 0 Å². The lowest BCUT2D eigenvalue weighted by molar-refractivity contribution is 0.162. The summed E-state index contributed by atoms with van der Waals surface area (Å²) in [6, 6.07) is 0. The van der Waals surface area contributed by atoms with Crippen LogP contribution in [0.15, 0.2) is 0 Å². The van der Waals surface area contributed by atoms with Crippen LogP contribution in [0, 0.1) is 0 Å². The molecule has 0 bridgehead atoms. The van der Waals surface area contributed by atoms with E-state index in [0.717, 1.165) is 13.2 Å². The molecular weight excluding hydrogens is 115 g/mol. The Balaban J connectivity index is -0.0000000800. The first-order valence-corrected chi connectivity index (χ1v) is 1.99. The van der Waals surface area contributed by atoms with Crippen LogP contribution >= 0.6 is 12.4 Å². The molecule has 48 valence electrons. The number of ether oxygens (including phenoxy) is 1. The number of rotatable bonds is 2. The molecule has 0 fully saturated rings. The van der Waals surface area contributed by atoms with Crippen molar-refractivity contribution in [2.24, 2.45) is 0 Å². The fourth-order valence-electron chi connectivity index (χ4n) is 0.204. The molecule has 0 radical (unpaired) electrons. The highest BCUT2D eigenvalue weighted by molar-refractivity contribution is 5.85. The molecule has 0 heterocycles. The van der Waals surface area contributed by atoms with E-state index in [-0.39, 0.29) is 17.9 Å². The third kappa shape index (κ3) is 22.5. The van der Waals surface area contributed by atoms with Crippen LogP contribution in [0.25, 0.3) is 0 Å². The number of hydrogen-bond donors (Lipinski definition) is 0. The topological polar surface area (TPSA) is 40.7 Å². The van der Waals surface area contributed by atoms with Gasteiger partial charge in [0.2, 0.25) is 0 Å². The highest BCUT2D eigenvalue weighted by Gasteiger charge is 1.64. The summed E-state index contributed by atoms with van der Waals surface area (Å²) in [5, 5.41) is 0. The first-order chi connectivity index (χ1) is 2.41. The summed E-state index contributed by atoms with van der Waals surface area (Å²) < 4.78 is 4.83. The molecule has 7 heavy (non-hydrogen) atoms. The summed E-state index contributed by atoms with van der Waals surface area (Å²) in [4.78, 5) is 0. The predicted molar refractivity (Wildman–Crippen MR) is 33.0 cm³/mol. The molecule has 2 N–H and O–H groups in total. The molecule has 0 aromatic carbocycles. The summed E-state index contributed by atoms with van der Waals surface area (Å²) >= 11 is 0. The highest BCUT2D eigenvalue weighted by Crippen LogP contribution is 1.64. The average molecular weight is 129 g/mol. The molecule has 0 aliphatic carbocycles. The van der Waals surface area contributed by atoms with Crippen LogP contribution in [0.3, 0.4) is 0 Å². The van der Waals surface area contributed by atoms with E-state index in [9.17, 15) is 0 Å². The minimum atomic E-state index is 0. The summed E-state index contributed by atoms with van der Waals surface area (Å²) in [5.41, 5.74) is 0. The van der Waals surface area contributed by atoms with Crippen LogP contribution in [0.4, 0.5) is 0 Å². The van der Waals surface area contributed by atoms with Crippen molar-refractivity contribution in [2.45, 2.75) is 13.8 Å². The second kappa shape index (κ2) is 16.4. The summed E-state index contributed by atoms with van der Waals surface area (Å²) in [6.45, 7) is 5.67. The van der Waals surface area contributed by atoms with Gasteiger partial charge in [-0.05, 0) is 13.8 Å². The molecule has 0 atom stereocenters. The van der Waals surface area contributed by atoms with Gasteiger partial charge in [0, 0.05) is 13.2 Å². The zero-order chi connectivity index (χ0) is 4.12. The monoisotopic (exact) mass is 128 g/mol. The quantitative estimate of drug-likeness (QED) is 0.538. The van der Waals surface area contributed by atoms with Gasteiger partial charge >= 0.3 is 0 Å². The van der Waals surface area contributed by atoms with Gasteiger partial charge in [0.15, 0.2) is 0 Å². The molecule has 0 spiro atoms. The molecule has 3 heteroatoms. The van der Waals surface area contributed by atoms with E-state index in [4.69, 9.17) is 4.74 Å². The lowest BCUT2D eigenvalue weighted by Crippen LogP contribution is -1.84. The Morgan fingerprint density at radius 3 is 1.43 bits per heavy atom. The lowest BCUT2D eigenvalue weighted by Gasteiger charge is -1.86. The smallest absolute Gasteiger partial charge is 0.0437 e. The third-order valence-corrected chi connectivity index (χ3v) is 0.408. The second-order valence-corrected chi connectivity index (χ2v) is 0.781. The van der Waals surface area contributed by atoms with Crippen LogP contribution in [0.2, 0.25) is 0 Å². The van der Waals surface area contributed by atoms with Gasteiger partial charge in [-0.15, -0.1) is 12.4 Å². The maximum absolute atomic E-state index is 4.83. The van der Waals surface area contributed by atoms with Crippen molar-refractivity contribution >= 4 is 12.4 Å². The maximum Gasteiger partial charge on any atom is 0.0437 e. The zero-order valence-electron chi connectivity index (χ0n) is 4.73. The summed E-state index contributed by atoms with van der Waals surface area (Å²) in [7, 11) is 0. The van der Waals surface area contributed by atoms with Crippen LogP contribution in [0.1, 0.15) is 13.8 Å². The Hall–Kier alpha value is 0.210. The van der Waals surface area contributed by atoms with Gasteiger partial charge in [-0.1, -0.05) is 0 Å². The maximum atomic E-state index is 4.83. The van der Waals surface area contributed by atoms with Crippen LogP contribution < -0.4 is 0 Å². The molecule has 0 amide bonds. The van der Waals surface area contributed by atoms with E-state index in [1.54, 1.807) is 0 Å². The average Bonchev–Trinajstić information content (AvgIpc) is 1.41. The standard InChI is InChI=1S/C4H10O.ClH.H2O/c1-3-5-4-2;;/h3-4H2,1-2H3;1H;1H2. The number of halogens is 1. The van der Waals surface area contributed by atoms with Crippen molar-refractivity contribution in [3.8, 4) is 0 Å². The molecule has 0 saturated carbocycles. The molecule has 2 nitrogen and oxygen atoms in total. The van der Waals surface area contributed by atoms with Crippen molar-refractivity contribution in [3.63, 3.8) is 0 Å². The van der Waals surface area contributed by atoms with E-state index in [0.29, 0.717) is 0 Å². The minimum Gasteiger partial charge on any atom is -0.412 e. The third-order valence-electron chi connectivity index (χ3n) is 0.408. The Labute approximate surface area is 50.6 Å². The lowest BCUT2D eigenvalue weighted by atomic mass is 10.8. The molecule has 0 aliphatic rings. The fourth-order valence-corrected chi connectivity index (χ4v) is 0.204. The Morgan fingerprint density at radius 2 is 1.43 bits per heavy atom. The Morgan fingerprint density at radius 1 is 1.14 bits per heavy atom. The second-order valence-electron chi connectivity index (χ2n) is 0.781. The summed E-state index contributed by atoms with van der Waals surface area (Å²) in [6.07, 6.45) is 0. The zero-order valence-corrected chi connectivity index (χ0v) is 5.55. The van der Waals surface area contributed by atoms with Gasteiger partial charge in [0.1, 0.15) is 0 Å². The van der Waals surface area contributed by atoms with E-state index in [1.165, 1.54) is 0 Å². The number of hydrogen-bond acceptors (Lipinski definition) is 1. The first kappa shape index (κ1) is 15.7. The Bertz CT molecular complexity index is 17.2. The van der Waals surface area contributed by atoms with Crippen molar-refractivity contribution in [3.05, 3.63) is 0 Å². The van der Waals surface area contributed by atoms with Crippen LogP contribution in [0.5, 0.6) is 0 Å². The van der Waals surface area contributed by atoms with Crippen molar-refractivity contribution in [1.29, 1.82) is 0 Å². The highest BCUT2D eigenvalue weighted by atomic mass is 35.5. The normalized spacial score (nSPS) is 6.00. The SMILES string of the molecule is CCOCC.Cl.O. The van der Waals surface area contributed by atoms with Gasteiger partial charge in [-0.2, -0.15) is 0 Å². The molecule has 0 rings (SSSR count). The van der Waals surface area contributed by atoms with Gasteiger partial charge in [-0.25, -0.2) is 0 Å². The molecule has 0 aromatic heterocycles. The van der Waals surface area contributed by atoms with E-state index in [1.807, 2.05) is 13.8 Å². The summed E-state index contributed by atoms with van der Waals surface area (Å²) in [5.74, 6) is 0. The van der Waals surface area contributed by atoms with Gasteiger partial charge in [0.05, 0.1) is 0 Å². The molecule has 0 unspecified atom stereocenters. The van der Waals surface area contributed by atoms with Gasteiger partial charge in [0.25, 0.3) is 0 Å². The van der Waals surface area contributed by atoms with E-state index in [2.05, 4.69) is 0 Å². The van der Waals surface area contributed by atoms with Crippen molar-refractivity contribution < 1.29 is 10.2 Å². The fraction of sp³-hybridized carbons (Fsp3) is 1.00. The van der Waals surface area contributed by atoms with Crippen LogP contribution in [-0.2, 0) is 4.74 Å². The Kier molecular flexibility index (Phi) is 36.7. The predicted octanol–water partition coefficient (Wildman–Crippen LogP) is 0.640. The van der Waals surface area contributed by atoms with E-state index < -0.39 is 0 Å².